The number of carbonyl (C=O) groups excluding carboxylic acids is 1. The van der Waals surface area contributed by atoms with Gasteiger partial charge in [-0.05, 0) is 25.1 Å². The summed E-state index contributed by atoms with van der Waals surface area (Å²) in [6, 6.07) is 5.02. The van der Waals surface area contributed by atoms with Crippen LogP contribution in [0.1, 0.15) is 21.7 Å². The van der Waals surface area contributed by atoms with Crippen molar-refractivity contribution in [2.75, 3.05) is 0 Å². The van der Waals surface area contributed by atoms with Gasteiger partial charge in [0.25, 0.3) is 11.5 Å². The van der Waals surface area contributed by atoms with Crippen LogP contribution in [-0.4, -0.2) is 20.7 Å². The lowest BCUT2D eigenvalue weighted by molar-refractivity contribution is 0.0948. The summed E-state index contributed by atoms with van der Waals surface area (Å²) in [5.74, 6) is -0.391. The molecule has 0 fully saturated rings. The van der Waals surface area contributed by atoms with Crippen LogP contribution in [0.3, 0.4) is 0 Å². The number of amides is 1. The Morgan fingerprint density at radius 1 is 1.44 bits per heavy atom. The minimum Gasteiger partial charge on any atom is -0.346 e. The maximum atomic E-state index is 11.8. The molecule has 2 aromatic rings. The second-order valence-corrected chi connectivity index (χ2v) is 4.01. The molecule has 1 amide bonds. The van der Waals surface area contributed by atoms with Gasteiger partial charge in [0.15, 0.2) is 0 Å². The van der Waals surface area contributed by atoms with Crippen LogP contribution < -0.4 is 10.9 Å². The normalized spacial score (nSPS) is 10.3. The summed E-state index contributed by atoms with van der Waals surface area (Å²) in [5.41, 5.74) is 1.33. The SMILES string of the molecule is Cc1ccc(C(=O)NCc2ccnn2C)c(=O)[nH]1. The Labute approximate surface area is 104 Å². The summed E-state index contributed by atoms with van der Waals surface area (Å²) in [7, 11) is 1.79. The van der Waals surface area contributed by atoms with Crippen LogP contribution in [0, 0.1) is 6.92 Å². The number of hydrogen-bond acceptors (Lipinski definition) is 3. The van der Waals surface area contributed by atoms with Gasteiger partial charge in [-0.25, -0.2) is 0 Å². The van der Waals surface area contributed by atoms with E-state index in [1.807, 2.05) is 0 Å². The van der Waals surface area contributed by atoms with Crippen LogP contribution in [-0.2, 0) is 13.6 Å². The lowest BCUT2D eigenvalue weighted by Crippen LogP contribution is -2.29. The molecule has 6 heteroatoms. The molecule has 0 bridgehead atoms. The molecule has 0 saturated carbocycles. The molecule has 2 aromatic heterocycles. The third-order valence-corrected chi connectivity index (χ3v) is 2.65. The lowest BCUT2D eigenvalue weighted by atomic mass is 10.2. The standard InChI is InChI=1S/C12H14N4O2/c1-8-3-4-10(12(18)15-8)11(17)13-7-9-5-6-14-16(9)2/h3-6H,7H2,1-2H3,(H,13,17)(H,15,18). The van der Waals surface area contributed by atoms with Crippen LogP contribution in [0.5, 0.6) is 0 Å². The van der Waals surface area contributed by atoms with Crippen molar-refractivity contribution in [2.24, 2.45) is 7.05 Å². The van der Waals surface area contributed by atoms with Crippen LogP contribution in [0.4, 0.5) is 0 Å². The zero-order valence-corrected chi connectivity index (χ0v) is 10.2. The highest BCUT2D eigenvalue weighted by molar-refractivity contribution is 5.93. The molecule has 0 radical (unpaired) electrons. The molecule has 2 N–H and O–H groups in total. The summed E-state index contributed by atoms with van der Waals surface area (Å²) in [4.78, 5) is 26.0. The van der Waals surface area contributed by atoms with Gasteiger partial charge < -0.3 is 10.3 Å². The second kappa shape index (κ2) is 4.87. The minimum absolute atomic E-state index is 0.114. The zero-order valence-electron chi connectivity index (χ0n) is 10.2. The average Bonchev–Trinajstić information content (AvgIpc) is 2.72. The van der Waals surface area contributed by atoms with Gasteiger partial charge in [-0.1, -0.05) is 0 Å². The van der Waals surface area contributed by atoms with Crippen molar-refractivity contribution in [3.05, 3.63) is 51.7 Å². The number of H-pyrrole nitrogens is 1. The highest BCUT2D eigenvalue weighted by atomic mass is 16.2. The number of pyridine rings is 1. The first-order valence-electron chi connectivity index (χ1n) is 5.53. The average molecular weight is 246 g/mol. The predicted octanol–water partition coefficient (Wildman–Crippen LogP) is 0.347. The number of aromatic amines is 1. The van der Waals surface area contributed by atoms with Crippen molar-refractivity contribution < 1.29 is 4.79 Å². The highest BCUT2D eigenvalue weighted by Crippen LogP contribution is 1.97. The quantitative estimate of drug-likeness (QED) is 0.820. The number of aromatic nitrogens is 3. The van der Waals surface area contributed by atoms with Crippen LogP contribution in [0.15, 0.2) is 29.2 Å². The molecule has 0 aliphatic rings. The van der Waals surface area contributed by atoms with Crippen LogP contribution in [0.2, 0.25) is 0 Å². The van der Waals surface area contributed by atoms with E-state index in [1.165, 1.54) is 6.07 Å². The number of aryl methyl sites for hydroxylation is 2. The van der Waals surface area contributed by atoms with Crippen molar-refractivity contribution in [1.82, 2.24) is 20.1 Å². The molecule has 2 heterocycles. The van der Waals surface area contributed by atoms with E-state index < -0.39 is 5.91 Å². The summed E-state index contributed by atoms with van der Waals surface area (Å²) >= 11 is 0. The maximum Gasteiger partial charge on any atom is 0.260 e. The van der Waals surface area contributed by atoms with Crippen molar-refractivity contribution in [3.8, 4) is 0 Å². The Bertz CT molecular complexity index is 627. The van der Waals surface area contributed by atoms with Gasteiger partial charge in [-0.3, -0.25) is 14.3 Å². The molecule has 2 rings (SSSR count). The Hall–Kier alpha value is -2.37. The zero-order chi connectivity index (χ0) is 13.1. The molecule has 0 aromatic carbocycles. The smallest absolute Gasteiger partial charge is 0.260 e. The van der Waals surface area contributed by atoms with Gasteiger partial charge in [0.2, 0.25) is 0 Å². The monoisotopic (exact) mass is 246 g/mol. The fourth-order valence-electron chi connectivity index (χ4n) is 1.59. The Balaban J connectivity index is 2.09. The van der Waals surface area contributed by atoms with E-state index in [0.717, 1.165) is 11.4 Å². The minimum atomic E-state index is -0.391. The molecule has 0 unspecified atom stereocenters. The van der Waals surface area contributed by atoms with E-state index in [9.17, 15) is 9.59 Å². The Morgan fingerprint density at radius 3 is 2.83 bits per heavy atom. The van der Waals surface area contributed by atoms with E-state index in [2.05, 4.69) is 15.4 Å². The van der Waals surface area contributed by atoms with Crippen molar-refractivity contribution in [1.29, 1.82) is 0 Å². The number of hydrogen-bond donors (Lipinski definition) is 2. The fraction of sp³-hybridized carbons (Fsp3) is 0.250. The van der Waals surface area contributed by atoms with Gasteiger partial charge in [0, 0.05) is 18.9 Å². The first-order valence-corrected chi connectivity index (χ1v) is 5.53. The number of nitrogens with zero attached hydrogens (tertiary/aromatic N) is 2. The molecule has 0 atom stereocenters. The highest BCUT2D eigenvalue weighted by Gasteiger charge is 2.10. The maximum absolute atomic E-state index is 11.8. The molecule has 0 spiro atoms. The third kappa shape index (κ3) is 2.48. The van der Waals surface area contributed by atoms with E-state index in [-0.39, 0.29) is 11.1 Å². The molecule has 94 valence electrons. The largest absolute Gasteiger partial charge is 0.346 e. The first kappa shape index (κ1) is 12.1. The van der Waals surface area contributed by atoms with Crippen molar-refractivity contribution in [3.63, 3.8) is 0 Å². The molecule has 6 nitrogen and oxygen atoms in total. The molecule has 0 aliphatic carbocycles. The van der Waals surface area contributed by atoms with Gasteiger partial charge >= 0.3 is 0 Å². The van der Waals surface area contributed by atoms with E-state index in [1.54, 1.807) is 37.0 Å². The molecule has 18 heavy (non-hydrogen) atoms. The van der Waals surface area contributed by atoms with Crippen molar-refractivity contribution >= 4 is 5.91 Å². The van der Waals surface area contributed by atoms with Gasteiger partial charge in [-0.15, -0.1) is 0 Å². The molecule has 0 saturated heterocycles. The van der Waals surface area contributed by atoms with Gasteiger partial charge in [0.1, 0.15) is 5.56 Å². The topological polar surface area (TPSA) is 79.8 Å². The van der Waals surface area contributed by atoms with Gasteiger partial charge in [0.05, 0.1) is 12.2 Å². The number of carbonyl (C=O) groups is 1. The summed E-state index contributed by atoms with van der Waals surface area (Å²) in [5, 5.41) is 6.68. The second-order valence-electron chi connectivity index (χ2n) is 4.01. The number of nitrogens with one attached hydrogen (secondary N) is 2. The Kier molecular flexibility index (Phi) is 3.27. The Morgan fingerprint density at radius 2 is 2.22 bits per heavy atom. The van der Waals surface area contributed by atoms with Crippen LogP contribution >= 0.6 is 0 Å². The van der Waals surface area contributed by atoms with E-state index >= 15 is 0 Å². The third-order valence-electron chi connectivity index (χ3n) is 2.65. The number of rotatable bonds is 3. The summed E-state index contributed by atoms with van der Waals surface area (Å²) in [6.45, 7) is 2.10. The van der Waals surface area contributed by atoms with Gasteiger partial charge in [-0.2, -0.15) is 5.10 Å². The first-order chi connectivity index (χ1) is 8.58. The molecular formula is C12H14N4O2. The fourth-order valence-corrected chi connectivity index (χ4v) is 1.59. The van der Waals surface area contributed by atoms with Crippen LogP contribution in [0.25, 0.3) is 0 Å². The predicted molar refractivity (Wildman–Crippen MR) is 66.2 cm³/mol. The van der Waals surface area contributed by atoms with E-state index in [4.69, 9.17) is 0 Å². The molecule has 0 aliphatic heterocycles. The summed E-state index contributed by atoms with van der Waals surface area (Å²) < 4.78 is 1.67. The molecular weight excluding hydrogens is 232 g/mol. The van der Waals surface area contributed by atoms with Crippen molar-refractivity contribution in [2.45, 2.75) is 13.5 Å². The lowest BCUT2D eigenvalue weighted by Gasteiger charge is -2.05. The summed E-state index contributed by atoms with van der Waals surface area (Å²) in [6.07, 6.45) is 1.65. The van der Waals surface area contributed by atoms with E-state index in [0.29, 0.717) is 6.54 Å².